The summed E-state index contributed by atoms with van der Waals surface area (Å²) < 4.78 is 27.0. The second kappa shape index (κ2) is 7.00. The van der Waals surface area contributed by atoms with E-state index in [2.05, 4.69) is 5.32 Å². The molecule has 1 saturated heterocycles. The van der Waals surface area contributed by atoms with Crippen LogP contribution in [0.2, 0.25) is 0 Å². The molecule has 2 amide bonds. The third-order valence-corrected chi connectivity index (χ3v) is 4.66. The van der Waals surface area contributed by atoms with Crippen LogP contribution in [0.5, 0.6) is 0 Å². The monoisotopic (exact) mass is 348 g/mol. The van der Waals surface area contributed by atoms with E-state index in [1.54, 1.807) is 6.07 Å². The number of hydrogen-bond donors (Lipinski definition) is 1. The van der Waals surface area contributed by atoms with Crippen LogP contribution in [0.3, 0.4) is 0 Å². The molecule has 1 N–H and O–H groups in total. The Morgan fingerprint density at radius 3 is 2.67 bits per heavy atom. The van der Waals surface area contributed by atoms with Crippen molar-refractivity contribution in [3.8, 4) is 0 Å². The van der Waals surface area contributed by atoms with E-state index in [1.807, 2.05) is 0 Å². The first-order chi connectivity index (χ1) is 11.6. The molecule has 0 aliphatic carbocycles. The number of para-hydroxylation sites is 1. The highest BCUT2D eigenvalue weighted by Crippen LogP contribution is 2.25. The first kappa shape index (κ1) is 16.4. The Balaban J connectivity index is 1.76. The Morgan fingerprint density at radius 1 is 1.12 bits per heavy atom. The van der Waals surface area contributed by atoms with E-state index in [-0.39, 0.29) is 11.3 Å². The maximum Gasteiger partial charge on any atom is 0.255 e. The lowest BCUT2D eigenvalue weighted by molar-refractivity contribution is -0.119. The number of thioether (sulfide) groups is 1. The summed E-state index contributed by atoms with van der Waals surface area (Å²) in [6.07, 6.45) is 0. The highest BCUT2D eigenvalue weighted by atomic mass is 32.2. The van der Waals surface area contributed by atoms with E-state index in [0.717, 1.165) is 6.07 Å². The topological polar surface area (TPSA) is 49.4 Å². The van der Waals surface area contributed by atoms with Crippen LogP contribution in [0.25, 0.3) is 0 Å². The van der Waals surface area contributed by atoms with Gasteiger partial charge in [0.05, 0.1) is 11.6 Å². The van der Waals surface area contributed by atoms with Gasteiger partial charge in [0.1, 0.15) is 17.7 Å². The lowest BCUT2D eigenvalue weighted by Crippen LogP contribution is -2.44. The number of benzene rings is 2. The molecule has 1 aliphatic heterocycles. The number of halogens is 2. The molecule has 1 fully saturated rings. The molecule has 3 rings (SSSR count). The molecular formula is C17H14F2N2O2S. The molecule has 1 heterocycles. The van der Waals surface area contributed by atoms with E-state index < -0.39 is 29.5 Å². The van der Waals surface area contributed by atoms with Gasteiger partial charge in [-0.3, -0.25) is 9.59 Å². The fourth-order valence-electron chi connectivity index (χ4n) is 2.43. The standard InChI is InChI=1S/C17H14F2N2O2S/c18-12-5-3-4-11(8-12)17(23)21-10-24-9-15(21)16(22)20-14-7-2-1-6-13(14)19/h1-8,15H,9-10H2,(H,20,22)/t15-/m1/s1. The molecule has 1 aliphatic rings. The molecule has 7 heteroatoms. The second-order valence-corrected chi connectivity index (χ2v) is 6.27. The van der Waals surface area contributed by atoms with Gasteiger partial charge in [-0.2, -0.15) is 0 Å². The SMILES string of the molecule is O=C(Nc1ccccc1F)[C@H]1CSCN1C(=O)c1cccc(F)c1. The van der Waals surface area contributed by atoms with Gasteiger partial charge in [-0.15, -0.1) is 11.8 Å². The lowest BCUT2D eigenvalue weighted by atomic mass is 10.1. The number of amides is 2. The largest absolute Gasteiger partial charge is 0.322 e. The number of carbonyl (C=O) groups excluding carboxylic acids is 2. The minimum atomic E-state index is -0.731. The zero-order valence-electron chi connectivity index (χ0n) is 12.5. The fraction of sp³-hybridized carbons (Fsp3) is 0.176. The summed E-state index contributed by atoms with van der Waals surface area (Å²) in [6, 6.07) is 10.4. The number of rotatable bonds is 3. The molecular weight excluding hydrogens is 334 g/mol. The molecule has 0 spiro atoms. The van der Waals surface area contributed by atoms with Gasteiger partial charge in [-0.05, 0) is 30.3 Å². The van der Waals surface area contributed by atoms with Gasteiger partial charge in [-0.1, -0.05) is 18.2 Å². The van der Waals surface area contributed by atoms with Crippen molar-refractivity contribution in [2.24, 2.45) is 0 Å². The van der Waals surface area contributed by atoms with E-state index in [4.69, 9.17) is 0 Å². The van der Waals surface area contributed by atoms with E-state index >= 15 is 0 Å². The van der Waals surface area contributed by atoms with Crippen molar-refractivity contribution in [2.45, 2.75) is 6.04 Å². The summed E-state index contributed by atoms with van der Waals surface area (Å²) in [5.41, 5.74) is 0.249. The summed E-state index contributed by atoms with van der Waals surface area (Å²) in [6.45, 7) is 0. The molecule has 2 aromatic carbocycles. The van der Waals surface area contributed by atoms with Gasteiger partial charge in [0.25, 0.3) is 5.91 Å². The summed E-state index contributed by atoms with van der Waals surface area (Å²) in [5.74, 6) is -1.21. The van der Waals surface area contributed by atoms with Crippen LogP contribution in [0, 0.1) is 11.6 Å². The van der Waals surface area contributed by atoms with Crippen molar-refractivity contribution in [3.63, 3.8) is 0 Å². The first-order valence-electron chi connectivity index (χ1n) is 7.26. The van der Waals surface area contributed by atoms with Crippen LogP contribution in [0.1, 0.15) is 10.4 Å². The number of nitrogens with zero attached hydrogens (tertiary/aromatic N) is 1. The predicted molar refractivity (Wildman–Crippen MR) is 88.7 cm³/mol. The maximum atomic E-state index is 13.7. The molecule has 0 saturated carbocycles. The number of anilines is 1. The highest BCUT2D eigenvalue weighted by Gasteiger charge is 2.35. The summed E-state index contributed by atoms with van der Waals surface area (Å²) in [4.78, 5) is 26.3. The molecule has 0 aromatic heterocycles. The molecule has 24 heavy (non-hydrogen) atoms. The third kappa shape index (κ3) is 3.41. The van der Waals surface area contributed by atoms with Gasteiger partial charge < -0.3 is 10.2 Å². The lowest BCUT2D eigenvalue weighted by Gasteiger charge is -2.23. The average Bonchev–Trinajstić information content (AvgIpc) is 3.06. The third-order valence-electron chi connectivity index (χ3n) is 3.65. The Bertz CT molecular complexity index is 785. The van der Waals surface area contributed by atoms with E-state index in [1.165, 1.54) is 53.1 Å². The molecule has 1 atom stereocenters. The predicted octanol–water partition coefficient (Wildman–Crippen LogP) is 3.12. The van der Waals surface area contributed by atoms with Crippen molar-refractivity contribution in [1.82, 2.24) is 4.90 Å². The zero-order chi connectivity index (χ0) is 17.1. The Kier molecular flexibility index (Phi) is 4.80. The highest BCUT2D eigenvalue weighted by molar-refractivity contribution is 7.99. The van der Waals surface area contributed by atoms with Crippen LogP contribution >= 0.6 is 11.8 Å². The molecule has 124 valence electrons. The molecule has 0 radical (unpaired) electrons. The van der Waals surface area contributed by atoms with Gasteiger partial charge in [-0.25, -0.2) is 8.78 Å². The average molecular weight is 348 g/mol. The number of hydrogen-bond acceptors (Lipinski definition) is 3. The Hall–Kier alpha value is -2.41. The first-order valence-corrected chi connectivity index (χ1v) is 8.41. The summed E-state index contributed by atoms with van der Waals surface area (Å²) in [5, 5.41) is 2.50. The van der Waals surface area contributed by atoms with Crippen LogP contribution in [0.4, 0.5) is 14.5 Å². The summed E-state index contributed by atoms with van der Waals surface area (Å²) >= 11 is 1.42. The molecule has 2 aromatic rings. The molecule has 4 nitrogen and oxygen atoms in total. The minimum Gasteiger partial charge on any atom is -0.322 e. The summed E-state index contributed by atoms with van der Waals surface area (Å²) in [7, 11) is 0. The zero-order valence-corrected chi connectivity index (χ0v) is 13.4. The molecule has 0 unspecified atom stereocenters. The van der Waals surface area contributed by atoms with Crippen molar-refractivity contribution < 1.29 is 18.4 Å². The van der Waals surface area contributed by atoms with Crippen molar-refractivity contribution in [3.05, 3.63) is 65.7 Å². The van der Waals surface area contributed by atoms with Crippen LogP contribution in [0.15, 0.2) is 48.5 Å². The number of nitrogens with one attached hydrogen (secondary N) is 1. The van der Waals surface area contributed by atoms with Gasteiger partial charge >= 0.3 is 0 Å². The van der Waals surface area contributed by atoms with Gasteiger partial charge in [0.15, 0.2) is 0 Å². The molecule has 0 bridgehead atoms. The fourth-order valence-corrected chi connectivity index (χ4v) is 3.58. The quantitative estimate of drug-likeness (QED) is 0.927. The number of carbonyl (C=O) groups is 2. The van der Waals surface area contributed by atoms with E-state index in [9.17, 15) is 18.4 Å². The Morgan fingerprint density at radius 2 is 1.92 bits per heavy atom. The van der Waals surface area contributed by atoms with Gasteiger partial charge in [0, 0.05) is 11.3 Å². The maximum absolute atomic E-state index is 13.7. The van der Waals surface area contributed by atoms with Crippen LogP contribution < -0.4 is 5.32 Å². The van der Waals surface area contributed by atoms with E-state index in [0.29, 0.717) is 11.6 Å². The second-order valence-electron chi connectivity index (χ2n) is 5.27. The smallest absolute Gasteiger partial charge is 0.255 e. The minimum absolute atomic E-state index is 0.0672. The normalized spacial score (nSPS) is 16.9. The van der Waals surface area contributed by atoms with Crippen molar-refractivity contribution in [2.75, 3.05) is 16.9 Å². The van der Waals surface area contributed by atoms with Crippen molar-refractivity contribution >= 4 is 29.3 Å². The van der Waals surface area contributed by atoms with Crippen LogP contribution in [-0.2, 0) is 4.79 Å². The van der Waals surface area contributed by atoms with Crippen LogP contribution in [-0.4, -0.2) is 34.4 Å². The van der Waals surface area contributed by atoms with Gasteiger partial charge in [0.2, 0.25) is 5.91 Å². The Labute approximate surface area is 141 Å². The van der Waals surface area contributed by atoms with Crippen molar-refractivity contribution in [1.29, 1.82) is 0 Å².